The minimum atomic E-state index is -0.130. The second kappa shape index (κ2) is 36.9. The molecule has 16 aromatic carbocycles. The molecular formula is C134H144N4. The van der Waals surface area contributed by atoms with Gasteiger partial charge in [0.15, 0.2) is 0 Å². The van der Waals surface area contributed by atoms with Crippen molar-refractivity contribution in [2.45, 2.75) is 249 Å². The van der Waals surface area contributed by atoms with E-state index in [9.17, 15) is 0 Å². The van der Waals surface area contributed by atoms with Crippen molar-refractivity contribution in [2.75, 3.05) is 19.6 Å². The second-order valence-corrected chi connectivity index (χ2v) is 46.1. The van der Waals surface area contributed by atoms with Gasteiger partial charge >= 0.3 is 0 Å². The second-order valence-electron chi connectivity index (χ2n) is 46.1. The molecule has 0 aliphatic heterocycles. The van der Waals surface area contributed by atoms with E-state index in [1.54, 1.807) is 0 Å². The van der Waals surface area contributed by atoms with Gasteiger partial charge in [0, 0.05) is 83.6 Å². The molecule has 4 aliphatic carbocycles. The van der Waals surface area contributed by atoms with Gasteiger partial charge in [-0.3, -0.25) is 0 Å². The molecule has 138 heavy (non-hydrogen) atoms. The standard InChI is InChI=1S/C35H39N.C34H37N.C33H35N.C32H33N/c1-33(2,3)30-22-21-28-27-19-12-13-20-29(27)35(7,8)31(28)32(30)36(34(4,5)6)26-18-14-17-25(23-26)24-15-10-9-11-16-24;1-23(2)27-20-21-29-28-18-11-12-19-30(28)34(6,7)31(29)32(27)35(33(3,4)5)26-17-13-16-25(22-26)24-14-9-8-10-15-24;1-7-23-20-21-28-27-18-11-12-19-29(27)33(5,6)30(28)31(23)34(32(2,3)4)26-17-13-16-25(22-26)24-14-9-8-10-15-24;1-22-19-20-27-26-17-10-11-18-28(26)32(5,6)29(27)30(22)33(31(2,3)4)25-16-12-15-24(21-25)23-13-8-7-9-14-23/h9-23H,1-8H3;8-23H,1-7H3;8-22H,7H2,1-6H3;7-21H,1-6H3. The predicted octanol–water partition coefficient (Wildman–Crippen LogP) is 37.7. The van der Waals surface area contributed by atoms with E-state index in [0.717, 1.165) is 6.42 Å². The van der Waals surface area contributed by atoms with E-state index >= 15 is 0 Å². The summed E-state index contributed by atoms with van der Waals surface area (Å²) in [5.74, 6) is 0.414. The molecular weight excluding hydrogens is 1670 g/mol. The van der Waals surface area contributed by atoms with Gasteiger partial charge in [-0.25, -0.2) is 0 Å². The van der Waals surface area contributed by atoms with Crippen LogP contribution >= 0.6 is 0 Å². The van der Waals surface area contributed by atoms with Gasteiger partial charge in [0.25, 0.3) is 0 Å². The molecule has 700 valence electrons. The zero-order valence-electron chi connectivity index (χ0n) is 87.2. The summed E-state index contributed by atoms with van der Waals surface area (Å²) in [6.07, 6.45) is 1.000. The third kappa shape index (κ3) is 17.9. The van der Waals surface area contributed by atoms with E-state index in [1.165, 1.54) is 201 Å². The van der Waals surface area contributed by atoms with Crippen LogP contribution in [0.25, 0.3) is 89.0 Å². The molecule has 4 heteroatoms. The molecule has 0 N–H and O–H groups in total. The smallest absolute Gasteiger partial charge is 0.0501 e. The highest BCUT2D eigenvalue weighted by Crippen LogP contribution is 2.62. The zero-order valence-corrected chi connectivity index (χ0v) is 87.2. The van der Waals surface area contributed by atoms with Gasteiger partial charge < -0.3 is 19.6 Å². The molecule has 20 rings (SSSR count). The molecule has 0 saturated carbocycles. The zero-order chi connectivity index (χ0) is 98.3. The molecule has 0 aromatic heterocycles. The minimum absolute atomic E-state index is 0.00421. The van der Waals surface area contributed by atoms with Gasteiger partial charge in [0.05, 0.1) is 5.69 Å². The highest BCUT2D eigenvalue weighted by molar-refractivity contribution is 5.96. The number of hydrogen-bond donors (Lipinski definition) is 0. The Bertz CT molecular complexity index is 7160. The van der Waals surface area contributed by atoms with E-state index in [4.69, 9.17) is 0 Å². The van der Waals surface area contributed by atoms with Crippen LogP contribution in [0.1, 0.15) is 253 Å². The Hall–Kier alpha value is -13.3. The van der Waals surface area contributed by atoms with Crippen molar-refractivity contribution in [1.82, 2.24) is 0 Å². The Balaban J connectivity index is 0.000000127. The predicted molar refractivity (Wildman–Crippen MR) is 598 cm³/mol. The first-order valence-electron chi connectivity index (χ1n) is 50.3. The summed E-state index contributed by atoms with van der Waals surface area (Å²) in [4.78, 5) is 10.3. The summed E-state index contributed by atoms with van der Waals surface area (Å²) in [7, 11) is 0. The Labute approximate surface area is 827 Å². The quantitative estimate of drug-likeness (QED) is 0.108. The summed E-state index contributed by atoms with van der Waals surface area (Å²) >= 11 is 0. The minimum Gasteiger partial charge on any atom is -0.336 e. The monoisotopic (exact) mass is 1810 g/mol. The molecule has 0 amide bonds. The number of aryl methyl sites for hydroxylation is 2. The third-order valence-electron chi connectivity index (χ3n) is 29.3. The summed E-state index contributed by atoms with van der Waals surface area (Å²) in [6.45, 7) is 63.3. The molecule has 0 bridgehead atoms. The first-order valence-corrected chi connectivity index (χ1v) is 50.3. The van der Waals surface area contributed by atoms with E-state index in [2.05, 4.69) is 571 Å². The fourth-order valence-electron chi connectivity index (χ4n) is 23.1. The van der Waals surface area contributed by atoms with Crippen LogP contribution in [-0.4, -0.2) is 22.2 Å². The van der Waals surface area contributed by atoms with Crippen molar-refractivity contribution in [3.05, 3.63) is 431 Å². The van der Waals surface area contributed by atoms with Crippen LogP contribution < -0.4 is 19.6 Å². The van der Waals surface area contributed by atoms with Crippen LogP contribution in [0.5, 0.6) is 0 Å². The molecule has 4 aliphatic rings. The maximum atomic E-state index is 2.60. The van der Waals surface area contributed by atoms with E-state index in [1.807, 2.05) is 0 Å². The van der Waals surface area contributed by atoms with Crippen LogP contribution in [0.2, 0.25) is 0 Å². The molecule has 0 heterocycles. The Morgan fingerprint density at radius 3 is 0.783 bits per heavy atom. The van der Waals surface area contributed by atoms with Gasteiger partial charge in [0.1, 0.15) is 0 Å². The average Bonchev–Trinajstić information content (AvgIpc) is 1.53. The molecule has 0 spiro atoms. The first kappa shape index (κ1) is 96.4. The fraction of sp³-hybridized carbons (Fsp3) is 0.284. The number of benzene rings is 16. The number of anilines is 8. The maximum absolute atomic E-state index is 2.60. The topological polar surface area (TPSA) is 13.0 Å². The fourth-order valence-corrected chi connectivity index (χ4v) is 23.1. The lowest BCUT2D eigenvalue weighted by atomic mass is 9.76. The van der Waals surface area contributed by atoms with Crippen molar-refractivity contribution in [2.24, 2.45) is 0 Å². The molecule has 0 unspecified atom stereocenters. The third-order valence-corrected chi connectivity index (χ3v) is 29.3. The summed E-state index contributed by atoms with van der Waals surface area (Å²) < 4.78 is 0. The highest BCUT2D eigenvalue weighted by Gasteiger charge is 2.48. The van der Waals surface area contributed by atoms with Crippen molar-refractivity contribution in [3.8, 4) is 89.0 Å². The lowest BCUT2D eigenvalue weighted by molar-refractivity contribution is 0.535. The SMILES string of the molecule is CC(C)(C)c1ccc2c(c1N(c1cccc(-c3ccccc3)c1)C(C)(C)C)C(C)(C)c1ccccc1-2.CC(C)c1ccc2c(c1N(c1cccc(-c3ccccc3)c1)C(C)(C)C)C(C)(C)c1ccccc1-2.CCc1ccc2c(c1N(c1cccc(-c3ccccc3)c1)C(C)(C)C)C(C)(C)c1ccccc1-2.Cc1ccc2c(c1N(c1cccc(-c3ccccc3)c1)C(C)(C)C)C(C)(C)c1ccccc1-2. The van der Waals surface area contributed by atoms with Crippen LogP contribution in [0.3, 0.4) is 0 Å². The number of rotatable bonds is 14. The Morgan fingerprint density at radius 1 is 0.232 bits per heavy atom. The van der Waals surface area contributed by atoms with Crippen molar-refractivity contribution < 1.29 is 0 Å². The maximum Gasteiger partial charge on any atom is 0.0501 e. The molecule has 0 radical (unpaired) electrons. The number of nitrogens with zero attached hydrogens (tertiary/aromatic N) is 4. The van der Waals surface area contributed by atoms with Crippen LogP contribution in [-0.2, 0) is 33.5 Å². The molecule has 0 saturated heterocycles. The first-order chi connectivity index (χ1) is 65.4. The van der Waals surface area contributed by atoms with E-state index in [0.29, 0.717) is 5.92 Å². The lowest BCUT2D eigenvalue weighted by Gasteiger charge is -2.44. The Morgan fingerprint density at radius 2 is 0.478 bits per heavy atom. The van der Waals surface area contributed by atoms with Crippen molar-refractivity contribution in [3.63, 3.8) is 0 Å². The largest absolute Gasteiger partial charge is 0.336 e. The van der Waals surface area contributed by atoms with Crippen molar-refractivity contribution in [1.29, 1.82) is 0 Å². The summed E-state index contributed by atoms with van der Waals surface area (Å²) in [6, 6.07) is 133. The van der Waals surface area contributed by atoms with Crippen LogP contribution in [0, 0.1) is 6.92 Å². The van der Waals surface area contributed by atoms with Crippen LogP contribution in [0.4, 0.5) is 45.5 Å². The number of hydrogen-bond acceptors (Lipinski definition) is 4. The molecule has 16 aromatic rings. The molecule has 4 nitrogen and oxygen atoms in total. The molecule has 0 fully saturated rings. The summed E-state index contributed by atoms with van der Waals surface area (Å²) in [5, 5.41) is 0. The normalized spacial score (nSPS) is 14.1. The molecule has 0 atom stereocenters. The van der Waals surface area contributed by atoms with E-state index in [-0.39, 0.29) is 49.2 Å². The van der Waals surface area contributed by atoms with Gasteiger partial charge in [-0.2, -0.15) is 0 Å². The van der Waals surface area contributed by atoms with Crippen molar-refractivity contribution >= 4 is 45.5 Å². The lowest BCUT2D eigenvalue weighted by Crippen LogP contribution is -2.40. The van der Waals surface area contributed by atoms with Gasteiger partial charge in [0.2, 0.25) is 0 Å². The van der Waals surface area contributed by atoms with Gasteiger partial charge in [-0.1, -0.05) is 412 Å². The highest BCUT2D eigenvalue weighted by atomic mass is 15.2. The summed E-state index contributed by atoms with van der Waals surface area (Å²) in [5.41, 5.74) is 47.6. The van der Waals surface area contributed by atoms with Crippen LogP contribution in [0.15, 0.2) is 364 Å². The average molecular weight is 1810 g/mol. The Kier molecular flexibility index (Phi) is 25.8. The number of fused-ring (bicyclic) bond motifs is 12. The van der Waals surface area contributed by atoms with Gasteiger partial charge in [-0.05, 0) is 312 Å². The van der Waals surface area contributed by atoms with E-state index < -0.39 is 0 Å². The van der Waals surface area contributed by atoms with Gasteiger partial charge in [-0.15, -0.1) is 0 Å².